The van der Waals surface area contributed by atoms with Crippen LogP contribution in [0.2, 0.25) is 0 Å². The van der Waals surface area contributed by atoms with Crippen LogP contribution in [0.3, 0.4) is 0 Å². The standard InChI is InChI=1S/C16H25N3O/c1-4-18-15-10-17-9-8-13(15)16(20)19-14-7-5-6-11(2)12(14)3/h8-12,14,18H,4-7H2,1-3H3,(H,19,20). The Morgan fingerprint density at radius 1 is 1.40 bits per heavy atom. The van der Waals surface area contributed by atoms with E-state index in [9.17, 15) is 4.79 Å². The third kappa shape index (κ3) is 3.30. The minimum atomic E-state index is 0.00861. The van der Waals surface area contributed by atoms with Gasteiger partial charge in [-0.1, -0.05) is 26.7 Å². The fraction of sp³-hybridized carbons (Fsp3) is 0.625. The summed E-state index contributed by atoms with van der Waals surface area (Å²) in [6.45, 7) is 7.31. The van der Waals surface area contributed by atoms with Crippen LogP contribution in [0.4, 0.5) is 5.69 Å². The number of aromatic nitrogens is 1. The molecule has 2 N–H and O–H groups in total. The molecule has 4 heteroatoms. The number of nitrogens with one attached hydrogen (secondary N) is 2. The highest BCUT2D eigenvalue weighted by molar-refractivity contribution is 5.99. The zero-order valence-electron chi connectivity index (χ0n) is 12.6. The zero-order chi connectivity index (χ0) is 14.5. The number of anilines is 1. The fourth-order valence-corrected chi connectivity index (χ4v) is 2.96. The normalized spacial score (nSPS) is 26.1. The van der Waals surface area contributed by atoms with Crippen molar-refractivity contribution in [1.29, 1.82) is 0 Å². The topological polar surface area (TPSA) is 54.0 Å². The summed E-state index contributed by atoms with van der Waals surface area (Å²) in [7, 11) is 0. The molecule has 1 aromatic rings. The van der Waals surface area contributed by atoms with Gasteiger partial charge in [-0.15, -0.1) is 0 Å². The van der Waals surface area contributed by atoms with Crippen molar-refractivity contribution in [2.75, 3.05) is 11.9 Å². The van der Waals surface area contributed by atoms with Crippen molar-refractivity contribution in [1.82, 2.24) is 10.3 Å². The quantitative estimate of drug-likeness (QED) is 0.888. The Balaban J connectivity index is 2.08. The van der Waals surface area contributed by atoms with E-state index in [0.29, 0.717) is 17.4 Å². The van der Waals surface area contributed by atoms with Crippen LogP contribution in [0.25, 0.3) is 0 Å². The van der Waals surface area contributed by atoms with E-state index in [1.54, 1.807) is 18.5 Å². The van der Waals surface area contributed by atoms with Crippen LogP contribution < -0.4 is 10.6 Å². The van der Waals surface area contributed by atoms with E-state index < -0.39 is 0 Å². The maximum absolute atomic E-state index is 12.5. The van der Waals surface area contributed by atoms with Gasteiger partial charge in [0.2, 0.25) is 0 Å². The first-order chi connectivity index (χ1) is 9.63. The van der Waals surface area contributed by atoms with Crippen molar-refractivity contribution in [2.24, 2.45) is 11.8 Å². The third-order valence-corrected chi connectivity index (χ3v) is 4.46. The number of pyridine rings is 1. The van der Waals surface area contributed by atoms with Crippen LogP contribution in [0, 0.1) is 11.8 Å². The van der Waals surface area contributed by atoms with E-state index in [1.165, 1.54) is 12.8 Å². The molecule has 0 radical (unpaired) electrons. The fourth-order valence-electron chi connectivity index (χ4n) is 2.96. The van der Waals surface area contributed by atoms with Crippen molar-refractivity contribution in [3.8, 4) is 0 Å². The van der Waals surface area contributed by atoms with Crippen molar-refractivity contribution < 1.29 is 4.79 Å². The molecule has 1 aliphatic rings. The van der Waals surface area contributed by atoms with Gasteiger partial charge >= 0.3 is 0 Å². The molecule has 1 aromatic heterocycles. The molecule has 1 fully saturated rings. The monoisotopic (exact) mass is 275 g/mol. The van der Waals surface area contributed by atoms with Gasteiger partial charge in [-0.05, 0) is 31.2 Å². The molecular formula is C16H25N3O. The Morgan fingerprint density at radius 2 is 2.20 bits per heavy atom. The summed E-state index contributed by atoms with van der Waals surface area (Å²) in [5, 5.41) is 6.40. The van der Waals surface area contributed by atoms with Gasteiger partial charge in [-0.2, -0.15) is 0 Å². The first kappa shape index (κ1) is 14.8. The highest BCUT2D eigenvalue weighted by Crippen LogP contribution is 2.29. The van der Waals surface area contributed by atoms with Crippen LogP contribution in [-0.2, 0) is 0 Å². The number of carbonyl (C=O) groups excluding carboxylic acids is 1. The van der Waals surface area contributed by atoms with Crippen molar-refractivity contribution >= 4 is 11.6 Å². The molecule has 4 nitrogen and oxygen atoms in total. The molecule has 0 aromatic carbocycles. The molecule has 1 amide bonds. The van der Waals surface area contributed by atoms with Crippen LogP contribution in [0.5, 0.6) is 0 Å². The van der Waals surface area contributed by atoms with Gasteiger partial charge in [0.25, 0.3) is 5.91 Å². The van der Waals surface area contributed by atoms with Crippen molar-refractivity contribution in [3.05, 3.63) is 24.0 Å². The lowest BCUT2D eigenvalue weighted by molar-refractivity contribution is 0.0892. The Hall–Kier alpha value is -1.58. The smallest absolute Gasteiger partial charge is 0.253 e. The summed E-state index contributed by atoms with van der Waals surface area (Å²) in [6, 6.07) is 2.07. The molecule has 2 rings (SSSR count). The molecule has 20 heavy (non-hydrogen) atoms. The predicted octanol–water partition coefficient (Wildman–Crippen LogP) is 3.07. The van der Waals surface area contributed by atoms with Gasteiger partial charge in [-0.25, -0.2) is 0 Å². The second kappa shape index (κ2) is 6.73. The Labute approximate surface area is 121 Å². The van der Waals surface area contributed by atoms with E-state index in [-0.39, 0.29) is 11.9 Å². The predicted molar refractivity (Wildman–Crippen MR) is 81.8 cm³/mol. The van der Waals surface area contributed by atoms with Gasteiger partial charge in [0.15, 0.2) is 0 Å². The minimum absolute atomic E-state index is 0.00861. The van der Waals surface area contributed by atoms with E-state index in [2.05, 4.69) is 29.5 Å². The highest BCUT2D eigenvalue weighted by Gasteiger charge is 2.28. The zero-order valence-corrected chi connectivity index (χ0v) is 12.6. The maximum atomic E-state index is 12.5. The van der Waals surface area contributed by atoms with E-state index in [1.807, 2.05) is 6.92 Å². The molecule has 0 aliphatic heterocycles. The second-order valence-electron chi connectivity index (χ2n) is 5.80. The number of nitrogens with zero attached hydrogens (tertiary/aromatic N) is 1. The Bertz CT molecular complexity index is 461. The first-order valence-corrected chi connectivity index (χ1v) is 7.62. The molecule has 1 heterocycles. The van der Waals surface area contributed by atoms with Crippen molar-refractivity contribution in [3.63, 3.8) is 0 Å². The van der Waals surface area contributed by atoms with Crippen LogP contribution in [0.1, 0.15) is 50.4 Å². The summed E-state index contributed by atoms with van der Waals surface area (Å²) in [5.74, 6) is 1.23. The third-order valence-electron chi connectivity index (χ3n) is 4.46. The summed E-state index contributed by atoms with van der Waals surface area (Å²) in [6.07, 6.45) is 6.94. The van der Waals surface area contributed by atoms with Gasteiger partial charge in [0.1, 0.15) is 0 Å². The molecular weight excluding hydrogens is 250 g/mol. The lowest BCUT2D eigenvalue weighted by Crippen LogP contribution is -2.43. The van der Waals surface area contributed by atoms with Crippen molar-refractivity contribution in [2.45, 2.75) is 46.1 Å². The number of hydrogen-bond donors (Lipinski definition) is 2. The summed E-state index contributed by atoms with van der Waals surface area (Å²) in [5.41, 5.74) is 1.50. The van der Waals surface area contributed by atoms with Gasteiger partial charge < -0.3 is 10.6 Å². The number of hydrogen-bond acceptors (Lipinski definition) is 3. The van der Waals surface area contributed by atoms with E-state index in [0.717, 1.165) is 18.7 Å². The maximum Gasteiger partial charge on any atom is 0.253 e. The van der Waals surface area contributed by atoms with Crippen LogP contribution in [-0.4, -0.2) is 23.5 Å². The highest BCUT2D eigenvalue weighted by atomic mass is 16.1. The van der Waals surface area contributed by atoms with Crippen LogP contribution >= 0.6 is 0 Å². The Kier molecular flexibility index (Phi) is 4.99. The van der Waals surface area contributed by atoms with Gasteiger partial charge in [0, 0.05) is 18.8 Å². The number of carbonyl (C=O) groups is 1. The minimum Gasteiger partial charge on any atom is -0.383 e. The number of amides is 1. The van der Waals surface area contributed by atoms with Crippen LogP contribution in [0.15, 0.2) is 18.5 Å². The van der Waals surface area contributed by atoms with E-state index in [4.69, 9.17) is 0 Å². The lowest BCUT2D eigenvalue weighted by Gasteiger charge is -2.34. The second-order valence-corrected chi connectivity index (χ2v) is 5.80. The average Bonchev–Trinajstić information content (AvgIpc) is 2.45. The molecule has 0 spiro atoms. The molecule has 110 valence electrons. The Morgan fingerprint density at radius 3 is 2.95 bits per heavy atom. The molecule has 1 aliphatic carbocycles. The number of rotatable bonds is 4. The molecule has 3 atom stereocenters. The molecule has 0 saturated heterocycles. The first-order valence-electron chi connectivity index (χ1n) is 7.62. The molecule has 0 bridgehead atoms. The summed E-state index contributed by atoms with van der Waals surface area (Å²) < 4.78 is 0. The SMILES string of the molecule is CCNc1cnccc1C(=O)NC1CCCC(C)C1C. The summed E-state index contributed by atoms with van der Waals surface area (Å²) >= 11 is 0. The molecule has 3 unspecified atom stereocenters. The largest absolute Gasteiger partial charge is 0.383 e. The summed E-state index contributed by atoms with van der Waals surface area (Å²) in [4.78, 5) is 16.6. The molecule has 1 saturated carbocycles. The van der Waals surface area contributed by atoms with E-state index >= 15 is 0 Å². The lowest BCUT2D eigenvalue weighted by atomic mass is 9.78. The van der Waals surface area contributed by atoms with Gasteiger partial charge in [-0.3, -0.25) is 9.78 Å². The average molecular weight is 275 g/mol. The van der Waals surface area contributed by atoms with Gasteiger partial charge in [0.05, 0.1) is 17.4 Å².